The lowest BCUT2D eigenvalue weighted by Crippen LogP contribution is -2.08. The Morgan fingerprint density at radius 1 is 1.33 bits per heavy atom. The van der Waals surface area contributed by atoms with Crippen molar-refractivity contribution in [2.24, 2.45) is 0 Å². The van der Waals surface area contributed by atoms with Crippen LogP contribution in [0.25, 0.3) is 0 Å². The van der Waals surface area contributed by atoms with Gasteiger partial charge in [0.2, 0.25) is 0 Å². The minimum Gasteiger partial charge on any atom is -0.481 e. The van der Waals surface area contributed by atoms with Crippen LogP contribution in [-0.4, -0.2) is 27.9 Å². The Morgan fingerprint density at radius 3 is 2.53 bits per heavy atom. The van der Waals surface area contributed by atoms with Crippen molar-refractivity contribution in [2.45, 2.75) is 51.2 Å². The molecule has 0 aliphatic heterocycles. The van der Waals surface area contributed by atoms with Crippen molar-refractivity contribution >= 4 is 23.5 Å². The van der Waals surface area contributed by atoms with Crippen LogP contribution in [-0.2, 0) is 9.59 Å². The Balaban J connectivity index is 3.50. The van der Waals surface area contributed by atoms with E-state index in [2.05, 4.69) is 6.92 Å². The van der Waals surface area contributed by atoms with Gasteiger partial charge in [-0.25, -0.2) is 0 Å². The summed E-state index contributed by atoms with van der Waals surface area (Å²) in [5, 5.41) is 8.69. The van der Waals surface area contributed by atoms with Crippen LogP contribution in [0.2, 0.25) is 0 Å². The average Bonchev–Trinajstić information content (AvgIpc) is 2.14. The van der Waals surface area contributed by atoms with Crippen LogP contribution in [0.3, 0.4) is 0 Å². The van der Waals surface area contributed by atoms with E-state index < -0.39 is 5.97 Å². The van der Waals surface area contributed by atoms with E-state index in [1.165, 1.54) is 0 Å². The number of rotatable bonds is 9. The Labute approximate surface area is 95.6 Å². The molecule has 1 atom stereocenters. The van der Waals surface area contributed by atoms with Gasteiger partial charge in [0.1, 0.15) is 5.78 Å². The molecule has 1 unspecified atom stereocenters. The van der Waals surface area contributed by atoms with Crippen LogP contribution in [0.5, 0.6) is 0 Å². The van der Waals surface area contributed by atoms with Crippen molar-refractivity contribution in [3.05, 3.63) is 0 Å². The van der Waals surface area contributed by atoms with Crippen LogP contribution in [0.1, 0.15) is 46.0 Å². The highest BCUT2D eigenvalue weighted by molar-refractivity contribution is 7.99. The number of thioether (sulfide) groups is 1. The summed E-state index contributed by atoms with van der Waals surface area (Å²) in [6, 6.07) is 0. The number of carbonyl (C=O) groups excluding carboxylic acids is 1. The highest BCUT2D eigenvalue weighted by atomic mass is 32.2. The Kier molecular flexibility index (Phi) is 8.47. The molecule has 15 heavy (non-hydrogen) atoms. The highest BCUT2D eigenvalue weighted by Crippen LogP contribution is 2.16. The van der Waals surface area contributed by atoms with Crippen molar-refractivity contribution in [2.75, 3.05) is 5.75 Å². The molecule has 88 valence electrons. The van der Waals surface area contributed by atoms with Gasteiger partial charge in [0.05, 0.1) is 6.42 Å². The summed E-state index contributed by atoms with van der Waals surface area (Å²) in [4.78, 5) is 21.6. The fraction of sp³-hybridized carbons (Fsp3) is 0.818. The number of ketones is 1. The molecule has 0 amide bonds. The molecular formula is C11H20O3S. The number of carboxylic acid groups (broad SMARTS) is 1. The Morgan fingerprint density at radius 2 is 2.00 bits per heavy atom. The molecule has 0 rings (SSSR count). The molecule has 0 aromatic rings. The second kappa shape index (κ2) is 8.77. The number of hydrogen-bond acceptors (Lipinski definition) is 3. The lowest BCUT2D eigenvalue weighted by molar-refractivity contribution is -0.136. The van der Waals surface area contributed by atoms with Crippen molar-refractivity contribution < 1.29 is 14.7 Å². The topological polar surface area (TPSA) is 54.4 Å². The summed E-state index contributed by atoms with van der Waals surface area (Å²) >= 11 is 1.56. The lowest BCUT2D eigenvalue weighted by Gasteiger charge is -2.08. The van der Waals surface area contributed by atoms with Gasteiger partial charge in [-0.05, 0) is 6.42 Å². The predicted octanol–water partition coefficient (Wildman–Crippen LogP) is 2.73. The standard InChI is InChI=1S/C11H20O3S/c1-3-4-5-10(12)8-9(2)15-7-6-11(13)14/h9H,3-8H2,1-2H3,(H,13,14). The molecule has 0 saturated heterocycles. The zero-order valence-corrected chi connectivity index (χ0v) is 10.3. The molecule has 4 heteroatoms. The van der Waals surface area contributed by atoms with Crippen LogP contribution in [0.15, 0.2) is 0 Å². The van der Waals surface area contributed by atoms with Gasteiger partial charge in [0, 0.05) is 23.8 Å². The SMILES string of the molecule is CCCCC(=O)CC(C)SCCC(=O)O. The van der Waals surface area contributed by atoms with Gasteiger partial charge in [-0.3, -0.25) is 9.59 Å². The highest BCUT2D eigenvalue weighted by Gasteiger charge is 2.09. The zero-order valence-electron chi connectivity index (χ0n) is 9.49. The van der Waals surface area contributed by atoms with Gasteiger partial charge in [-0.2, -0.15) is 11.8 Å². The fourth-order valence-electron chi connectivity index (χ4n) is 1.20. The van der Waals surface area contributed by atoms with E-state index in [1.54, 1.807) is 11.8 Å². The smallest absolute Gasteiger partial charge is 0.304 e. The van der Waals surface area contributed by atoms with Gasteiger partial charge >= 0.3 is 5.97 Å². The first kappa shape index (κ1) is 14.5. The van der Waals surface area contributed by atoms with E-state index in [0.717, 1.165) is 12.8 Å². The molecule has 0 aromatic heterocycles. The molecule has 0 bridgehead atoms. The van der Waals surface area contributed by atoms with E-state index in [9.17, 15) is 9.59 Å². The predicted molar refractivity (Wildman–Crippen MR) is 63.3 cm³/mol. The third-order valence-corrected chi connectivity index (χ3v) is 3.22. The maximum Gasteiger partial charge on any atom is 0.304 e. The van der Waals surface area contributed by atoms with Crippen LogP contribution in [0.4, 0.5) is 0 Å². The summed E-state index contributed by atoms with van der Waals surface area (Å²) in [6.07, 6.45) is 3.43. The van der Waals surface area contributed by atoms with Gasteiger partial charge in [0.25, 0.3) is 0 Å². The fourth-order valence-corrected chi connectivity index (χ4v) is 2.20. The van der Waals surface area contributed by atoms with Crippen LogP contribution in [0, 0.1) is 0 Å². The van der Waals surface area contributed by atoms with E-state index in [1.807, 2.05) is 6.92 Å². The average molecular weight is 232 g/mol. The normalized spacial score (nSPS) is 12.4. The van der Waals surface area contributed by atoms with Crippen LogP contribution >= 0.6 is 11.8 Å². The molecule has 1 N–H and O–H groups in total. The van der Waals surface area contributed by atoms with Gasteiger partial charge < -0.3 is 5.11 Å². The summed E-state index contributed by atoms with van der Waals surface area (Å²) in [7, 11) is 0. The zero-order chi connectivity index (χ0) is 11.7. The first-order valence-electron chi connectivity index (χ1n) is 5.41. The molecule has 0 aliphatic carbocycles. The van der Waals surface area contributed by atoms with E-state index in [-0.39, 0.29) is 11.7 Å². The number of aliphatic carboxylic acids is 1. The third kappa shape index (κ3) is 9.79. The molecule has 0 aliphatic rings. The van der Waals surface area contributed by atoms with Gasteiger partial charge in [-0.15, -0.1) is 0 Å². The Bertz CT molecular complexity index is 204. The number of carbonyl (C=O) groups is 2. The van der Waals surface area contributed by atoms with Crippen molar-refractivity contribution in [1.82, 2.24) is 0 Å². The molecule has 0 radical (unpaired) electrons. The van der Waals surface area contributed by atoms with Crippen molar-refractivity contribution in [3.63, 3.8) is 0 Å². The third-order valence-electron chi connectivity index (χ3n) is 2.04. The molecule has 0 fully saturated rings. The second-order valence-corrected chi connectivity index (χ2v) is 5.22. The largest absolute Gasteiger partial charge is 0.481 e. The number of carboxylic acids is 1. The number of unbranched alkanes of at least 4 members (excludes halogenated alkanes) is 1. The molecule has 0 saturated carbocycles. The molecule has 0 spiro atoms. The summed E-state index contributed by atoms with van der Waals surface area (Å²) in [5.41, 5.74) is 0. The Hall–Kier alpha value is -0.510. The maximum atomic E-state index is 11.4. The number of Topliss-reactive ketones (excluding diaryl/α,β-unsaturated/α-hetero) is 1. The van der Waals surface area contributed by atoms with E-state index in [4.69, 9.17) is 5.11 Å². The summed E-state index contributed by atoms with van der Waals surface area (Å²) < 4.78 is 0. The summed E-state index contributed by atoms with van der Waals surface area (Å²) in [5.74, 6) is 0.122. The quantitative estimate of drug-likeness (QED) is 0.664. The first-order valence-corrected chi connectivity index (χ1v) is 6.46. The lowest BCUT2D eigenvalue weighted by atomic mass is 10.1. The molecule has 0 heterocycles. The van der Waals surface area contributed by atoms with Gasteiger partial charge in [-0.1, -0.05) is 20.3 Å². The van der Waals surface area contributed by atoms with Crippen LogP contribution < -0.4 is 0 Å². The van der Waals surface area contributed by atoms with E-state index in [0.29, 0.717) is 24.4 Å². The first-order chi connectivity index (χ1) is 7.06. The summed E-state index contributed by atoms with van der Waals surface area (Å²) in [6.45, 7) is 4.05. The monoisotopic (exact) mass is 232 g/mol. The van der Waals surface area contributed by atoms with Crippen molar-refractivity contribution in [3.8, 4) is 0 Å². The molecular weight excluding hydrogens is 212 g/mol. The second-order valence-electron chi connectivity index (χ2n) is 3.67. The van der Waals surface area contributed by atoms with Gasteiger partial charge in [0.15, 0.2) is 0 Å². The van der Waals surface area contributed by atoms with E-state index >= 15 is 0 Å². The molecule has 3 nitrogen and oxygen atoms in total. The minimum absolute atomic E-state index is 0.179. The minimum atomic E-state index is -0.771. The number of hydrogen-bond donors (Lipinski definition) is 1. The molecule has 0 aromatic carbocycles. The van der Waals surface area contributed by atoms with Crippen molar-refractivity contribution in [1.29, 1.82) is 0 Å². The maximum absolute atomic E-state index is 11.4.